The normalized spacial score (nSPS) is 20.1. The first-order valence-electron chi connectivity index (χ1n) is 13.2. The van der Waals surface area contributed by atoms with Gasteiger partial charge in [0.15, 0.2) is 0 Å². The predicted molar refractivity (Wildman–Crippen MR) is 143 cm³/mol. The van der Waals surface area contributed by atoms with Gasteiger partial charge in [-0.25, -0.2) is 0 Å². The van der Waals surface area contributed by atoms with E-state index < -0.39 is 11.8 Å². The van der Waals surface area contributed by atoms with Crippen LogP contribution >= 0.6 is 0 Å². The molecule has 2 heterocycles. The summed E-state index contributed by atoms with van der Waals surface area (Å²) in [5.41, 5.74) is 1.48. The molecule has 2 unspecified atom stereocenters. The molecule has 2 aromatic carbocycles. The molecule has 2 aliphatic rings. The fourth-order valence-corrected chi connectivity index (χ4v) is 5.29. The Morgan fingerprint density at radius 3 is 2.35 bits per heavy atom. The van der Waals surface area contributed by atoms with Crippen molar-refractivity contribution in [3.8, 4) is 0 Å². The first kappa shape index (κ1) is 26.9. The Morgan fingerprint density at radius 2 is 1.73 bits per heavy atom. The summed E-state index contributed by atoms with van der Waals surface area (Å²) in [6.07, 6.45) is 1.41. The van der Waals surface area contributed by atoms with E-state index in [1.165, 1.54) is 0 Å². The van der Waals surface area contributed by atoms with Gasteiger partial charge in [0.05, 0.1) is 12.6 Å². The highest BCUT2D eigenvalue weighted by atomic mass is 16.5. The van der Waals surface area contributed by atoms with Crippen molar-refractivity contribution in [1.82, 2.24) is 15.1 Å². The van der Waals surface area contributed by atoms with Crippen molar-refractivity contribution in [3.05, 3.63) is 71.3 Å². The van der Waals surface area contributed by atoms with Crippen molar-refractivity contribution in [1.29, 1.82) is 0 Å². The molecular weight excluding hydrogens is 466 g/mol. The van der Waals surface area contributed by atoms with E-state index in [9.17, 15) is 14.4 Å². The van der Waals surface area contributed by atoms with Crippen LogP contribution in [0.2, 0.25) is 0 Å². The SMILES string of the molecule is Cc1cccc(C(=O)N2C(C(=O)NC(C)c3ccccc3)COC23CCN(C(=O)CC(C)(C)C)CC3)c1. The molecule has 2 atom stereocenters. The van der Waals surface area contributed by atoms with Crippen LogP contribution in [0, 0.1) is 12.3 Å². The van der Waals surface area contributed by atoms with E-state index in [1.807, 2.05) is 67.3 Å². The quantitative estimate of drug-likeness (QED) is 0.650. The fourth-order valence-electron chi connectivity index (χ4n) is 5.29. The minimum Gasteiger partial charge on any atom is -0.353 e. The van der Waals surface area contributed by atoms with Crippen LogP contribution in [0.15, 0.2) is 54.6 Å². The summed E-state index contributed by atoms with van der Waals surface area (Å²) in [7, 11) is 0. The van der Waals surface area contributed by atoms with Crippen LogP contribution in [0.3, 0.4) is 0 Å². The molecular formula is C30H39N3O4. The number of nitrogens with one attached hydrogen (secondary N) is 1. The summed E-state index contributed by atoms with van der Waals surface area (Å²) >= 11 is 0. The summed E-state index contributed by atoms with van der Waals surface area (Å²) in [4.78, 5) is 43.9. The number of hydrogen-bond acceptors (Lipinski definition) is 4. The van der Waals surface area contributed by atoms with Gasteiger partial charge in [0, 0.05) is 37.9 Å². The minimum atomic E-state index is -0.919. The number of carbonyl (C=O) groups excluding carboxylic acids is 3. The molecule has 2 aromatic rings. The molecule has 198 valence electrons. The molecule has 2 saturated heterocycles. The van der Waals surface area contributed by atoms with E-state index in [-0.39, 0.29) is 35.8 Å². The number of ether oxygens (including phenoxy) is 1. The molecule has 1 spiro atoms. The molecule has 2 fully saturated rings. The minimum absolute atomic E-state index is 0.0954. The molecule has 0 aliphatic carbocycles. The van der Waals surface area contributed by atoms with E-state index in [4.69, 9.17) is 4.74 Å². The van der Waals surface area contributed by atoms with Gasteiger partial charge in [-0.1, -0.05) is 68.8 Å². The number of amides is 3. The number of carbonyl (C=O) groups is 3. The fraction of sp³-hybridized carbons (Fsp3) is 0.500. The summed E-state index contributed by atoms with van der Waals surface area (Å²) in [6.45, 7) is 11.1. The zero-order valence-corrected chi connectivity index (χ0v) is 22.6. The highest BCUT2D eigenvalue weighted by Crippen LogP contribution is 2.39. The number of rotatable bonds is 5. The number of nitrogens with zero attached hydrogens (tertiary/aromatic N) is 2. The molecule has 0 radical (unpaired) electrons. The smallest absolute Gasteiger partial charge is 0.256 e. The largest absolute Gasteiger partial charge is 0.353 e. The van der Waals surface area contributed by atoms with Crippen LogP contribution in [-0.2, 0) is 14.3 Å². The second-order valence-corrected chi connectivity index (χ2v) is 11.6. The van der Waals surface area contributed by atoms with Crippen LogP contribution in [0.1, 0.15) is 74.5 Å². The molecule has 1 N–H and O–H groups in total. The Morgan fingerprint density at radius 1 is 1.05 bits per heavy atom. The van der Waals surface area contributed by atoms with E-state index in [0.29, 0.717) is 37.9 Å². The number of aryl methyl sites for hydroxylation is 1. The van der Waals surface area contributed by atoms with E-state index >= 15 is 0 Å². The Hall–Kier alpha value is -3.19. The van der Waals surface area contributed by atoms with Crippen molar-refractivity contribution in [3.63, 3.8) is 0 Å². The van der Waals surface area contributed by atoms with Crippen LogP contribution in [0.25, 0.3) is 0 Å². The topological polar surface area (TPSA) is 79.0 Å². The third-order valence-corrected chi connectivity index (χ3v) is 7.28. The average molecular weight is 506 g/mol. The van der Waals surface area contributed by atoms with Crippen molar-refractivity contribution in [2.75, 3.05) is 19.7 Å². The molecule has 3 amide bonds. The Balaban J connectivity index is 1.57. The molecule has 2 aliphatic heterocycles. The Bertz CT molecular complexity index is 1130. The summed E-state index contributed by atoms with van der Waals surface area (Å²) in [5, 5.41) is 3.08. The number of likely N-dealkylation sites (tertiary alicyclic amines) is 1. The van der Waals surface area contributed by atoms with Gasteiger partial charge < -0.3 is 15.0 Å². The van der Waals surface area contributed by atoms with Crippen LogP contribution in [-0.4, -0.2) is 59.0 Å². The predicted octanol–water partition coefficient (Wildman–Crippen LogP) is 4.47. The van der Waals surface area contributed by atoms with Gasteiger partial charge in [0.1, 0.15) is 11.8 Å². The standard InChI is InChI=1S/C30H39N3O4/c1-21-10-9-13-24(18-21)28(36)33-25(27(35)31-22(2)23-11-7-6-8-12-23)20-37-30(33)14-16-32(17-15-30)26(34)19-29(3,4)5/h6-13,18,22,25H,14-17,19-20H2,1-5H3,(H,31,35). The maximum atomic E-state index is 13.9. The summed E-state index contributed by atoms with van der Waals surface area (Å²) in [5.74, 6) is -0.341. The molecule has 4 rings (SSSR count). The maximum absolute atomic E-state index is 13.9. The zero-order valence-electron chi connectivity index (χ0n) is 22.6. The lowest BCUT2D eigenvalue weighted by Crippen LogP contribution is -2.60. The van der Waals surface area contributed by atoms with Crippen molar-refractivity contribution >= 4 is 17.7 Å². The molecule has 0 saturated carbocycles. The van der Waals surface area contributed by atoms with E-state index in [2.05, 4.69) is 26.1 Å². The first-order chi connectivity index (χ1) is 17.5. The number of hydrogen-bond donors (Lipinski definition) is 1. The lowest BCUT2D eigenvalue weighted by atomic mass is 9.90. The lowest BCUT2D eigenvalue weighted by Gasteiger charge is -2.45. The van der Waals surface area contributed by atoms with E-state index in [0.717, 1.165) is 11.1 Å². The van der Waals surface area contributed by atoms with Gasteiger partial charge in [0.2, 0.25) is 11.8 Å². The molecule has 7 heteroatoms. The molecule has 0 bridgehead atoms. The Kier molecular flexibility index (Phi) is 7.74. The van der Waals surface area contributed by atoms with Gasteiger partial charge in [-0.2, -0.15) is 0 Å². The third-order valence-electron chi connectivity index (χ3n) is 7.28. The van der Waals surface area contributed by atoms with Crippen molar-refractivity contribution in [2.45, 2.75) is 71.7 Å². The second-order valence-electron chi connectivity index (χ2n) is 11.6. The molecule has 37 heavy (non-hydrogen) atoms. The van der Waals surface area contributed by atoms with Gasteiger partial charge in [-0.05, 0) is 37.0 Å². The molecule has 7 nitrogen and oxygen atoms in total. The van der Waals surface area contributed by atoms with Gasteiger partial charge in [0.25, 0.3) is 5.91 Å². The second kappa shape index (κ2) is 10.7. The average Bonchev–Trinajstić information content (AvgIpc) is 3.22. The molecule has 0 aromatic heterocycles. The Labute approximate surface area is 220 Å². The van der Waals surface area contributed by atoms with Crippen LogP contribution < -0.4 is 5.32 Å². The van der Waals surface area contributed by atoms with Crippen molar-refractivity contribution < 1.29 is 19.1 Å². The lowest BCUT2D eigenvalue weighted by molar-refractivity contribution is -0.145. The number of piperidine rings is 1. The maximum Gasteiger partial charge on any atom is 0.256 e. The van der Waals surface area contributed by atoms with Crippen LogP contribution in [0.4, 0.5) is 0 Å². The van der Waals surface area contributed by atoms with Gasteiger partial charge in [-0.3, -0.25) is 19.3 Å². The number of benzene rings is 2. The van der Waals surface area contributed by atoms with Gasteiger partial charge >= 0.3 is 0 Å². The zero-order chi connectivity index (χ0) is 26.8. The summed E-state index contributed by atoms with van der Waals surface area (Å²) < 4.78 is 6.32. The van der Waals surface area contributed by atoms with E-state index in [1.54, 1.807) is 11.0 Å². The summed E-state index contributed by atoms with van der Waals surface area (Å²) in [6, 6.07) is 16.2. The third kappa shape index (κ3) is 6.04. The monoisotopic (exact) mass is 505 g/mol. The highest BCUT2D eigenvalue weighted by molar-refractivity contribution is 5.98. The first-order valence-corrected chi connectivity index (χ1v) is 13.2. The van der Waals surface area contributed by atoms with Crippen LogP contribution in [0.5, 0.6) is 0 Å². The van der Waals surface area contributed by atoms with Gasteiger partial charge in [-0.15, -0.1) is 0 Å². The highest BCUT2D eigenvalue weighted by Gasteiger charge is 2.54. The van der Waals surface area contributed by atoms with Crippen molar-refractivity contribution in [2.24, 2.45) is 5.41 Å².